The molecule has 2 nitrogen and oxygen atoms in total. The third kappa shape index (κ3) is 15.8. The fourth-order valence-corrected chi connectivity index (χ4v) is 2.08. The molecule has 0 radical (unpaired) electrons. The van der Waals surface area contributed by atoms with E-state index in [0.717, 1.165) is 25.7 Å². The second-order valence-electron chi connectivity index (χ2n) is 6.98. The highest BCUT2D eigenvalue weighted by Gasteiger charge is 2.00. The summed E-state index contributed by atoms with van der Waals surface area (Å²) < 4.78 is 11.4. The predicted octanol–water partition coefficient (Wildman–Crippen LogP) is 6.75. The lowest BCUT2D eigenvalue weighted by Crippen LogP contribution is -2.13. The lowest BCUT2D eigenvalue weighted by molar-refractivity contribution is -0.114. The van der Waals surface area contributed by atoms with Crippen LogP contribution in [0.3, 0.4) is 0 Å². The molecule has 138 valence electrons. The largest absolute Gasteiger partial charge is 0.349 e. The van der Waals surface area contributed by atoms with Gasteiger partial charge in [0, 0.05) is 0 Å². The van der Waals surface area contributed by atoms with Crippen LogP contribution in [0.1, 0.15) is 74.1 Å². The molecule has 0 aromatic rings. The highest BCUT2D eigenvalue weighted by molar-refractivity contribution is 5.03. The van der Waals surface area contributed by atoms with E-state index in [4.69, 9.17) is 9.47 Å². The summed E-state index contributed by atoms with van der Waals surface area (Å²) in [5, 5.41) is 0. The van der Waals surface area contributed by atoms with Gasteiger partial charge >= 0.3 is 0 Å². The number of hydrogen-bond donors (Lipinski definition) is 0. The highest BCUT2D eigenvalue weighted by Crippen LogP contribution is 2.08. The Bertz CT molecular complexity index is 403. The zero-order chi connectivity index (χ0) is 18.4. The van der Waals surface area contributed by atoms with Gasteiger partial charge in [-0.1, -0.05) is 46.6 Å². The molecule has 0 fully saturated rings. The molecule has 0 N–H and O–H groups in total. The average Bonchev–Trinajstić information content (AvgIpc) is 2.46. The molecule has 0 amide bonds. The van der Waals surface area contributed by atoms with Gasteiger partial charge in [-0.25, -0.2) is 0 Å². The van der Waals surface area contributed by atoms with E-state index in [1.165, 1.54) is 22.3 Å². The van der Waals surface area contributed by atoms with Crippen molar-refractivity contribution in [2.75, 3.05) is 13.2 Å². The van der Waals surface area contributed by atoms with E-state index in [0.29, 0.717) is 13.2 Å². The molecule has 0 saturated carbocycles. The van der Waals surface area contributed by atoms with Crippen molar-refractivity contribution in [2.45, 2.75) is 80.4 Å². The van der Waals surface area contributed by atoms with E-state index in [1.54, 1.807) is 0 Å². The monoisotopic (exact) mass is 334 g/mol. The topological polar surface area (TPSA) is 18.5 Å². The molecule has 0 aliphatic rings. The lowest BCUT2D eigenvalue weighted by atomic mass is 10.1. The van der Waals surface area contributed by atoms with Gasteiger partial charge in [0.05, 0.1) is 13.2 Å². The molecule has 2 heteroatoms. The highest BCUT2D eigenvalue weighted by atomic mass is 16.7. The minimum Gasteiger partial charge on any atom is -0.349 e. The van der Waals surface area contributed by atoms with Crippen LogP contribution in [0.4, 0.5) is 0 Å². The zero-order valence-electron chi connectivity index (χ0n) is 16.9. The van der Waals surface area contributed by atoms with Crippen LogP contribution < -0.4 is 0 Å². The van der Waals surface area contributed by atoms with Crippen LogP contribution in [0.5, 0.6) is 0 Å². The summed E-state index contributed by atoms with van der Waals surface area (Å²) >= 11 is 0. The van der Waals surface area contributed by atoms with Crippen LogP contribution in [0, 0.1) is 0 Å². The maximum absolute atomic E-state index is 5.68. The van der Waals surface area contributed by atoms with Gasteiger partial charge in [0.2, 0.25) is 0 Å². The van der Waals surface area contributed by atoms with Crippen LogP contribution in [0.15, 0.2) is 46.6 Å². The third-order valence-electron chi connectivity index (χ3n) is 3.71. The first-order chi connectivity index (χ1) is 11.3. The van der Waals surface area contributed by atoms with Crippen molar-refractivity contribution in [3.8, 4) is 0 Å². The van der Waals surface area contributed by atoms with Gasteiger partial charge in [-0.2, -0.15) is 0 Å². The summed E-state index contributed by atoms with van der Waals surface area (Å²) in [7, 11) is 0. The average molecular weight is 335 g/mol. The number of ether oxygens (including phenoxy) is 2. The Hall–Kier alpha value is -1.12. The molecule has 0 bridgehead atoms. The molecule has 0 heterocycles. The second kappa shape index (κ2) is 14.2. The van der Waals surface area contributed by atoms with Gasteiger partial charge in [-0.3, -0.25) is 0 Å². The van der Waals surface area contributed by atoms with E-state index in [1.807, 2.05) is 6.92 Å². The van der Waals surface area contributed by atoms with Crippen LogP contribution in [0.25, 0.3) is 0 Å². The summed E-state index contributed by atoms with van der Waals surface area (Å²) in [5.41, 5.74) is 5.50. The summed E-state index contributed by atoms with van der Waals surface area (Å²) in [5.74, 6) is 0. The first-order valence-electron chi connectivity index (χ1n) is 9.12. The minimum absolute atomic E-state index is 0.173. The van der Waals surface area contributed by atoms with E-state index in [9.17, 15) is 0 Å². The molecular weight excluding hydrogens is 296 g/mol. The van der Waals surface area contributed by atoms with Crippen molar-refractivity contribution in [1.82, 2.24) is 0 Å². The van der Waals surface area contributed by atoms with E-state index in [2.05, 4.69) is 65.8 Å². The van der Waals surface area contributed by atoms with Crippen molar-refractivity contribution >= 4 is 0 Å². The molecule has 0 aliphatic heterocycles. The van der Waals surface area contributed by atoms with Crippen molar-refractivity contribution in [2.24, 2.45) is 0 Å². The van der Waals surface area contributed by atoms with Crippen molar-refractivity contribution in [3.63, 3.8) is 0 Å². The van der Waals surface area contributed by atoms with Gasteiger partial charge in [0.1, 0.15) is 0 Å². The molecule has 0 unspecified atom stereocenters. The van der Waals surface area contributed by atoms with E-state index in [-0.39, 0.29) is 6.29 Å². The molecular formula is C22H38O2. The number of allylic oxidation sites excluding steroid dienone is 6. The van der Waals surface area contributed by atoms with Crippen LogP contribution in [-0.4, -0.2) is 19.5 Å². The summed E-state index contributed by atoms with van der Waals surface area (Å²) in [6.07, 6.45) is 13.1. The smallest absolute Gasteiger partial charge is 0.155 e. The van der Waals surface area contributed by atoms with Gasteiger partial charge in [-0.05, 0) is 74.1 Å². The van der Waals surface area contributed by atoms with Gasteiger partial charge in [0.25, 0.3) is 0 Å². The minimum atomic E-state index is -0.173. The van der Waals surface area contributed by atoms with Gasteiger partial charge in [-0.15, -0.1) is 0 Å². The molecule has 0 spiro atoms. The standard InChI is InChI=1S/C22H38O2/c1-18(2)10-8-12-20(5)14-16-23-22(7)24-17-15-21(6)13-9-11-19(3)4/h10-11,14-15,22H,8-9,12-13,16-17H2,1-7H3. The summed E-state index contributed by atoms with van der Waals surface area (Å²) in [4.78, 5) is 0. The SMILES string of the molecule is CC(C)=CCCC(C)=CCOC(C)OCC=C(C)CCC=C(C)C. The summed E-state index contributed by atoms with van der Waals surface area (Å²) in [6.45, 7) is 16.1. The zero-order valence-corrected chi connectivity index (χ0v) is 16.9. The third-order valence-corrected chi connectivity index (χ3v) is 3.71. The molecule has 24 heavy (non-hydrogen) atoms. The van der Waals surface area contributed by atoms with Crippen LogP contribution in [-0.2, 0) is 9.47 Å². The fraction of sp³-hybridized carbons (Fsp3) is 0.636. The first-order valence-corrected chi connectivity index (χ1v) is 9.12. The fourth-order valence-electron chi connectivity index (χ4n) is 2.08. The quantitative estimate of drug-likeness (QED) is 0.290. The molecule has 0 saturated heterocycles. The number of hydrogen-bond acceptors (Lipinski definition) is 2. The van der Waals surface area contributed by atoms with Gasteiger partial charge < -0.3 is 9.47 Å². The Morgan fingerprint density at radius 1 is 0.667 bits per heavy atom. The predicted molar refractivity (Wildman–Crippen MR) is 106 cm³/mol. The Balaban J connectivity index is 3.87. The maximum Gasteiger partial charge on any atom is 0.155 e. The molecule has 0 rings (SSSR count). The van der Waals surface area contributed by atoms with Crippen LogP contribution in [0.2, 0.25) is 0 Å². The first kappa shape index (κ1) is 22.9. The van der Waals surface area contributed by atoms with Gasteiger partial charge in [0.15, 0.2) is 6.29 Å². The Morgan fingerprint density at radius 3 is 1.38 bits per heavy atom. The second-order valence-corrected chi connectivity index (χ2v) is 6.98. The van der Waals surface area contributed by atoms with Crippen molar-refractivity contribution in [3.05, 3.63) is 46.6 Å². The van der Waals surface area contributed by atoms with Crippen molar-refractivity contribution in [1.29, 1.82) is 0 Å². The summed E-state index contributed by atoms with van der Waals surface area (Å²) in [6, 6.07) is 0. The maximum atomic E-state index is 5.68. The lowest BCUT2D eigenvalue weighted by Gasteiger charge is -2.12. The molecule has 0 aliphatic carbocycles. The van der Waals surface area contributed by atoms with Crippen LogP contribution >= 0.6 is 0 Å². The molecule has 0 aromatic carbocycles. The Morgan fingerprint density at radius 2 is 1.04 bits per heavy atom. The Labute approximate surface area is 150 Å². The van der Waals surface area contributed by atoms with E-state index >= 15 is 0 Å². The number of rotatable bonds is 12. The van der Waals surface area contributed by atoms with E-state index < -0.39 is 0 Å². The Kier molecular flexibility index (Phi) is 13.6. The molecule has 0 aromatic heterocycles. The normalized spacial score (nSPS) is 13.6. The van der Waals surface area contributed by atoms with Crippen molar-refractivity contribution < 1.29 is 9.47 Å². The molecule has 0 atom stereocenters.